The topological polar surface area (TPSA) is 140 Å². The minimum Gasteiger partial charge on any atom is -0.444 e. The Morgan fingerprint density at radius 2 is 1.85 bits per heavy atom. The summed E-state index contributed by atoms with van der Waals surface area (Å²) in [4.78, 5) is 68.5. The summed E-state index contributed by atoms with van der Waals surface area (Å²) in [6.07, 6.45) is 3.80. The van der Waals surface area contributed by atoms with E-state index < -0.39 is 17.6 Å². The number of benzene rings is 1. The highest BCUT2D eigenvalue weighted by atomic mass is 16.6. The Morgan fingerprint density at radius 3 is 2.51 bits per heavy atom. The molecule has 0 saturated carbocycles. The highest BCUT2D eigenvalue weighted by molar-refractivity contribution is 6.01. The number of fused-ring (bicyclic) bond motifs is 1. The van der Waals surface area contributed by atoms with Gasteiger partial charge in [-0.3, -0.25) is 29.1 Å². The summed E-state index contributed by atoms with van der Waals surface area (Å²) in [5.74, 6) is -0.252. The number of nitrogens with zero attached hydrogens (tertiary/aromatic N) is 3. The van der Waals surface area contributed by atoms with Gasteiger partial charge in [0.1, 0.15) is 23.0 Å². The molecule has 11 heteroatoms. The van der Waals surface area contributed by atoms with Gasteiger partial charge in [0.2, 0.25) is 17.7 Å². The van der Waals surface area contributed by atoms with Gasteiger partial charge in [-0.2, -0.15) is 0 Å². The Labute approximate surface area is 227 Å². The number of aryl methyl sites for hydroxylation is 1. The van der Waals surface area contributed by atoms with E-state index in [0.29, 0.717) is 54.3 Å². The van der Waals surface area contributed by atoms with Crippen LogP contribution in [-0.4, -0.2) is 57.0 Å². The van der Waals surface area contributed by atoms with Crippen LogP contribution in [0.25, 0.3) is 10.9 Å². The molecule has 39 heavy (non-hydrogen) atoms. The summed E-state index contributed by atoms with van der Waals surface area (Å²) in [7, 11) is 0. The zero-order valence-electron chi connectivity index (χ0n) is 23.0. The molecule has 2 N–H and O–H groups in total. The first-order valence-corrected chi connectivity index (χ1v) is 13.6. The highest BCUT2D eigenvalue weighted by Gasteiger charge is 2.31. The molecule has 2 aliphatic heterocycles. The van der Waals surface area contributed by atoms with Gasteiger partial charge in [0.15, 0.2) is 0 Å². The summed E-state index contributed by atoms with van der Waals surface area (Å²) in [5, 5.41) is 5.46. The number of likely N-dealkylation sites (tertiary alicyclic amines) is 1. The van der Waals surface area contributed by atoms with Crippen molar-refractivity contribution in [1.82, 2.24) is 19.8 Å². The number of nitrogens with one attached hydrogen (secondary N) is 2. The average molecular weight is 540 g/mol. The Balaban J connectivity index is 1.34. The molecule has 0 bridgehead atoms. The van der Waals surface area contributed by atoms with Crippen LogP contribution < -0.4 is 16.2 Å². The first-order chi connectivity index (χ1) is 18.4. The van der Waals surface area contributed by atoms with E-state index in [9.17, 15) is 24.0 Å². The van der Waals surface area contributed by atoms with Gasteiger partial charge in [-0.15, -0.1) is 0 Å². The van der Waals surface area contributed by atoms with Gasteiger partial charge in [-0.1, -0.05) is 6.07 Å². The zero-order valence-corrected chi connectivity index (χ0v) is 23.0. The van der Waals surface area contributed by atoms with E-state index in [-0.39, 0.29) is 36.3 Å². The maximum Gasteiger partial charge on any atom is 0.410 e. The van der Waals surface area contributed by atoms with E-state index in [1.165, 1.54) is 4.57 Å². The second kappa shape index (κ2) is 11.5. The molecule has 1 aromatic heterocycles. The fourth-order valence-corrected chi connectivity index (χ4v) is 5.22. The van der Waals surface area contributed by atoms with Crippen LogP contribution in [0.2, 0.25) is 0 Å². The molecular formula is C28H37N5O6. The quantitative estimate of drug-likeness (QED) is 0.536. The molecule has 1 atom stereocenters. The van der Waals surface area contributed by atoms with Gasteiger partial charge >= 0.3 is 6.09 Å². The van der Waals surface area contributed by atoms with Gasteiger partial charge in [0, 0.05) is 25.9 Å². The standard InChI is InChI=1S/C28H37N5O6/c1-17-29-24-19(26(37)33(17)21-11-12-23(35)31-25(21)36)8-6-9-20(24)30-22(34)10-5-7-18-13-15-32(16-14-18)27(38)39-28(2,3)4/h6,8-9,18,21H,5,7,10-16H2,1-4H3,(H,30,34)(H,31,35,36). The molecule has 210 valence electrons. The fourth-order valence-electron chi connectivity index (χ4n) is 5.22. The van der Waals surface area contributed by atoms with Crippen molar-refractivity contribution in [1.29, 1.82) is 0 Å². The van der Waals surface area contributed by atoms with E-state index in [2.05, 4.69) is 15.6 Å². The van der Waals surface area contributed by atoms with Crippen LogP contribution in [0.15, 0.2) is 23.0 Å². The smallest absolute Gasteiger partial charge is 0.410 e. The molecule has 2 fully saturated rings. The number of aromatic nitrogens is 2. The molecular weight excluding hydrogens is 502 g/mol. The number of anilines is 1. The van der Waals surface area contributed by atoms with Crippen LogP contribution >= 0.6 is 0 Å². The second-order valence-electron chi connectivity index (χ2n) is 11.4. The highest BCUT2D eigenvalue weighted by Crippen LogP contribution is 2.26. The monoisotopic (exact) mass is 539 g/mol. The van der Waals surface area contributed by atoms with E-state index >= 15 is 0 Å². The molecule has 4 rings (SSSR count). The van der Waals surface area contributed by atoms with Crippen LogP contribution in [0.3, 0.4) is 0 Å². The van der Waals surface area contributed by atoms with Crippen LogP contribution in [0, 0.1) is 12.8 Å². The normalized spacial score (nSPS) is 18.7. The Morgan fingerprint density at radius 1 is 1.13 bits per heavy atom. The van der Waals surface area contributed by atoms with Crippen molar-refractivity contribution in [3.63, 3.8) is 0 Å². The number of para-hydroxylation sites is 1. The number of rotatable bonds is 6. The maximum absolute atomic E-state index is 13.3. The third-order valence-electron chi connectivity index (χ3n) is 7.19. The summed E-state index contributed by atoms with van der Waals surface area (Å²) >= 11 is 0. The zero-order chi connectivity index (χ0) is 28.3. The van der Waals surface area contributed by atoms with Gasteiger partial charge in [0.05, 0.1) is 11.1 Å². The predicted octanol–water partition coefficient (Wildman–Crippen LogP) is 3.44. The average Bonchev–Trinajstić information content (AvgIpc) is 2.85. The van der Waals surface area contributed by atoms with Crippen LogP contribution in [0.5, 0.6) is 0 Å². The molecule has 0 spiro atoms. The third kappa shape index (κ3) is 6.82. The van der Waals surface area contributed by atoms with Crippen LogP contribution in [0.1, 0.15) is 77.6 Å². The lowest BCUT2D eigenvalue weighted by Gasteiger charge is -2.33. The summed E-state index contributed by atoms with van der Waals surface area (Å²) in [6, 6.07) is 4.19. The van der Waals surface area contributed by atoms with Gasteiger partial charge in [0.25, 0.3) is 5.56 Å². The van der Waals surface area contributed by atoms with E-state index in [0.717, 1.165) is 19.3 Å². The summed E-state index contributed by atoms with van der Waals surface area (Å²) in [5.41, 5.74) is -0.0881. The number of ether oxygens (including phenoxy) is 1. The fraction of sp³-hybridized carbons (Fsp3) is 0.571. The molecule has 3 heterocycles. The van der Waals surface area contributed by atoms with Crippen molar-refractivity contribution in [2.45, 2.75) is 84.3 Å². The molecule has 11 nitrogen and oxygen atoms in total. The lowest BCUT2D eigenvalue weighted by atomic mass is 9.91. The number of piperidine rings is 2. The van der Waals surface area contributed by atoms with Gasteiger partial charge in [-0.25, -0.2) is 9.78 Å². The predicted molar refractivity (Wildman–Crippen MR) is 145 cm³/mol. The molecule has 0 radical (unpaired) electrons. The SMILES string of the molecule is Cc1nc2c(NC(=O)CCCC3CCN(C(=O)OC(C)(C)C)CC3)cccc2c(=O)n1C1CCC(=O)NC1=O. The van der Waals surface area contributed by atoms with Gasteiger partial charge < -0.3 is 15.0 Å². The van der Waals surface area contributed by atoms with Crippen molar-refractivity contribution in [3.8, 4) is 0 Å². The Bertz CT molecular complexity index is 1340. The minimum absolute atomic E-state index is 0.152. The van der Waals surface area contributed by atoms with E-state index in [1.807, 2.05) is 20.8 Å². The molecule has 2 aliphatic rings. The molecule has 0 aliphatic carbocycles. The summed E-state index contributed by atoms with van der Waals surface area (Å²) < 4.78 is 6.77. The second-order valence-corrected chi connectivity index (χ2v) is 11.4. The van der Waals surface area contributed by atoms with E-state index in [4.69, 9.17) is 4.74 Å². The molecule has 2 aromatic rings. The summed E-state index contributed by atoms with van der Waals surface area (Å²) in [6.45, 7) is 8.52. The first-order valence-electron chi connectivity index (χ1n) is 13.6. The number of amides is 4. The molecule has 4 amide bonds. The Kier molecular flexibility index (Phi) is 8.36. The lowest BCUT2D eigenvalue weighted by Crippen LogP contribution is -2.45. The van der Waals surface area contributed by atoms with Crippen molar-refractivity contribution in [2.24, 2.45) is 5.92 Å². The van der Waals surface area contributed by atoms with Gasteiger partial charge in [-0.05, 0) is 77.8 Å². The van der Waals surface area contributed by atoms with E-state index in [1.54, 1.807) is 30.0 Å². The number of hydrogen-bond donors (Lipinski definition) is 2. The lowest BCUT2D eigenvalue weighted by molar-refractivity contribution is -0.135. The molecule has 2 saturated heterocycles. The van der Waals surface area contributed by atoms with Crippen LogP contribution in [0.4, 0.5) is 10.5 Å². The first kappa shape index (κ1) is 28.3. The largest absolute Gasteiger partial charge is 0.444 e. The number of carbonyl (C=O) groups excluding carboxylic acids is 4. The molecule has 1 unspecified atom stereocenters. The number of imide groups is 1. The van der Waals surface area contributed by atoms with Crippen molar-refractivity contribution < 1.29 is 23.9 Å². The number of carbonyl (C=O) groups is 4. The van der Waals surface area contributed by atoms with Crippen molar-refractivity contribution in [2.75, 3.05) is 18.4 Å². The van der Waals surface area contributed by atoms with Crippen molar-refractivity contribution in [3.05, 3.63) is 34.4 Å². The maximum atomic E-state index is 13.3. The third-order valence-corrected chi connectivity index (χ3v) is 7.19. The number of hydrogen-bond acceptors (Lipinski definition) is 7. The van der Waals surface area contributed by atoms with Crippen LogP contribution in [-0.2, 0) is 19.1 Å². The van der Waals surface area contributed by atoms with Crippen molar-refractivity contribution >= 4 is 40.4 Å². The minimum atomic E-state index is -0.804. The Hall–Kier alpha value is -3.76. The molecule has 1 aromatic carbocycles.